The molecule has 1 rings (SSSR count). The van der Waals surface area contributed by atoms with Gasteiger partial charge in [-0.25, -0.2) is 0 Å². The van der Waals surface area contributed by atoms with Crippen molar-refractivity contribution >= 4 is 17.6 Å². The van der Waals surface area contributed by atoms with Crippen LogP contribution < -0.4 is 15.4 Å². The van der Waals surface area contributed by atoms with Crippen molar-refractivity contribution in [1.29, 1.82) is 0 Å². The number of methoxy groups -OCH3 is 1. The van der Waals surface area contributed by atoms with Gasteiger partial charge in [0.15, 0.2) is 5.96 Å². The highest BCUT2D eigenvalue weighted by Gasteiger charge is 2.11. The number of benzene rings is 1. The zero-order valence-corrected chi connectivity index (χ0v) is 16.1. The van der Waals surface area contributed by atoms with E-state index >= 15 is 0 Å². The molecule has 0 aromatic heterocycles. The van der Waals surface area contributed by atoms with E-state index in [2.05, 4.69) is 22.5 Å². The molecular formula is C18H30ClN3O3. The number of nitrogens with one attached hydrogen (secondary N) is 2. The van der Waals surface area contributed by atoms with Crippen molar-refractivity contribution < 1.29 is 14.2 Å². The molecule has 0 aliphatic heterocycles. The maximum atomic E-state index is 6.14. The van der Waals surface area contributed by atoms with Crippen molar-refractivity contribution in [3.05, 3.63) is 29.3 Å². The van der Waals surface area contributed by atoms with E-state index in [0.717, 1.165) is 25.3 Å². The van der Waals surface area contributed by atoms with E-state index in [1.54, 1.807) is 14.2 Å². The molecule has 1 atom stereocenters. The van der Waals surface area contributed by atoms with Crippen LogP contribution in [0, 0.1) is 0 Å². The molecule has 0 aliphatic rings. The summed E-state index contributed by atoms with van der Waals surface area (Å²) in [6.07, 6.45) is 1.77. The highest BCUT2D eigenvalue weighted by molar-refractivity contribution is 6.32. The second-order valence-electron chi connectivity index (χ2n) is 5.42. The number of rotatable bonds is 12. The summed E-state index contributed by atoms with van der Waals surface area (Å²) < 4.78 is 16.3. The zero-order chi connectivity index (χ0) is 18.3. The molecule has 25 heavy (non-hydrogen) atoms. The summed E-state index contributed by atoms with van der Waals surface area (Å²) in [6, 6.07) is 7.50. The highest BCUT2D eigenvalue weighted by atomic mass is 35.5. The minimum Gasteiger partial charge on any atom is -0.487 e. The van der Waals surface area contributed by atoms with E-state index in [4.69, 9.17) is 25.8 Å². The average Bonchev–Trinajstić information content (AvgIpc) is 2.63. The van der Waals surface area contributed by atoms with Gasteiger partial charge in [-0.1, -0.05) is 30.7 Å². The Morgan fingerprint density at radius 2 is 2.00 bits per heavy atom. The number of nitrogens with zero attached hydrogens (tertiary/aromatic N) is 1. The van der Waals surface area contributed by atoms with Crippen molar-refractivity contribution in [3.63, 3.8) is 0 Å². The third-order valence-electron chi connectivity index (χ3n) is 3.50. The first kappa shape index (κ1) is 21.5. The number of hydrogen-bond acceptors (Lipinski definition) is 4. The molecule has 0 bridgehead atoms. The Balaban J connectivity index is 2.26. The van der Waals surface area contributed by atoms with Gasteiger partial charge in [0.05, 0.1) is 24.8 Å². The maximum Gasteiger partial charge on any atom is 0.191 e. The maximum absolute atomic E-state index is 6.14. The first-order valence-corrected chi connectivity index (χ1v) is 9.01. The summed E-state index contributed by atoms with van der Waals surface area (Å²) in [5, 5.41) is 7.16. The Labute approximate surface area is 155 Å². The Kier molecular flexibility index (Phi) is 11.9. The number of halogens is 1. The quantitative estimate of drug-likeness (QED) is 0.336. The average molecular weight is 372 g/mol. The zero-order valence-electron chi connectivity index (χ0n) is 15.4. The molecule has 0 saturated carbocycles. The fourth-order valence-corrected chi connectivity index (χ4v) is 2.23. The van der Waals surface area contributed by atoms with Crippen LogP contribution in [0.1, 0.15) is 19.8 Å². The normalized spacial score (nSPS) is 12.7. The van der Waals surface area contributed by atoms with Crippen LogP contribution in [0.3, 0.4) is 0 Å². The molecule has 1 aromatic carbocycles. The van der Waals surface area contributed by atoms with Gasteiger partial charge in [-0.15, -0.1) is 0 Å². The molecule has 7 heteroatoms. The fourth-order valence-electron chi connectivity index (χ4n) is 2.05. The molecular weight excluding hydrogens is 342 g/mol. The van der Waals surface area contributed by atoms with E-state index in [1.165, 1.54) is 0 Å². The van der Waals surface area contributed by atoms with E-state index in [1.807, 2.05) is 24.3 Å². The van der Waals surface area contributed by atoms with Gasteiger partial charge < -0.3 is 24.8 Å². The lowest BCUT2D eigenvalue weighted by atomic mass is 10.2. The summed E-state index contributed by atoms with van der Waals surface area (Å²) in [6.45, 7) is 5.46. The first-order chi connectivity index (χ1) is 12.2. The minimum atomic E-state index is 0.0100. The SMILES string of the molecule is CCC(CNC(=NC)NCCCOCCOC)Oc1ccccc1Cl. The summed E-state index contributed by atoms with van der Waals surface area (Å²) in [5.74, 6) is 1.45. The number of hydrogen-bond donors (Lipinski definition) is 2. The topological polar surface area (TPSA) is 64.1 Å². The van der Waals surface area contributed by atoms with Crippen LogP contribution in [0.4, 0.5) is 0 Å². The van der Waals surface area contributed by atoms with Crippen LogP contribution in [0.25, 0.3) is 0 Å². The molecule has 0 radical (unpaired) electrons. The van der Waals surface area contributed by atoms with E-state index in [-0.39, 0.29) is 6.10 Å². The lowest BCUT2D eigenvalue weighted by Gasteiger charge is -2.20. The minimum absolute atomic E-state index is 0.0100. The molecule has 1 aromatic rings. The van der Waals surface area contributed by atoms with Crippen molar-refractivity contribution in [2.45, 2.75) is 25.9 Å². The number of para-hydroxylation sites is 1. The highest BCUT2D eigenvalue weighted by Crippen LogP contribution is 2.24. The summed E-state index contributed by atoms with van der Waals surface area (Å²) in [7, 11) is 3.42. The molecule has 0 aliphatic carbocycles. The monoisotopic (exact) mass is 371 g/mol. The Morgan fingerprint density at radius 3 is 2.68 bits per heavy atom. The molecule has 142 valence electrons. The predicted octanol–water partition coefficient (Wildman–Crippen LogP) is 2.72. The number of aliphatic imine (C=N–C) groups is 1. The number of ether oxygens (including phenoxy) is 3. The Hall–Kier alpha value is -1.50. The largest absolute Gasteiger partial charge is 0.487 e. The molecule has 0 amide bonds. The van der Waals surface area contributed by atoms with Crippen molar-refractivity contribution in [2.24, 2.45) is 4.99 Å². The molecule has 6 nitrogen and oxygen atoms in total. The third-order valence-corrected chi connectivity index (χ3v) is 3.81. The van der Waals surface area contributed by atoms with Crippen LogP contribution in [0.2, 0.25) is 5.02 Å². The Morgan fingerprint density at radius 1 is 1.20 bits per heavy atom. The van der Waals surface area contributed by atoms with E-state index < -0.39 is 0 Å². The van der Waals surface area contributed by atoms with E-state index in [9.17, 15) is 0 Å². The summed E-state index contributed by atoms with van der Waals surface area (Å²) in [4.78, 5) is 4.22. The van der Waals surface area contributed by atoms with Crippen molar-refractivity contribution in [3.8, 4) is 5.75 Å². The van der Waals surface area contributed by atoms with Gasteiger partial charge in [-0.05, 0) is 25.0 Å². The van der Waals surface area contributed by atoms with Crippen LogP contribution in [-0.2, 0) is 9.47 Å². The summed E-state index contributed by atoms with van der Waals surface area (Å²) >= 11 is 6.14. The molecule has 0 heterocycles. The number of guanidine groups is 1. The molecule has 0 spiro atoms. The lowest BCUT2D eigenvalue weighted by molar-refractivity contribution is 0.0698. The second-order valence-corrected chi connectivity index (χ2v) is 5.82. The van der Waals surface area contributed by atoms with Crippen LogP contribution in [0.15, 0.2) is 29.3 Å². The Bertz CT molecular complexity index is 500. The van der Waals surface area contributed by atoms with Gasteiger partial charge in [0.1, 0.15) is 11.9 Å². The standard InChI is InChI=1S/C18H30ClN3O3/c1-4-15(25-17-9-6-5-8-16(17)19)14-22-18(20-2)21-10-7-11-24-13-12-23-3/h5-6,8-9,15H,4,7,10-14H2,1-3H3,(H2,20,21,22). The van der Waals surface area contributed by atoms with Crippen LogP contribution in [0.5, 0.6) is 5.75 Å². The molecule has 2 N–H and O–H groups in total. The van der Waals surface area contributed by atoms with Crippen LogP contribution >= 0.6 is 11.6 Å². The first-order valence-electron chi connectivity index (χ1n) is 8.63. The van der Waals surface area contributed by atoms with Gasteiger partial charge in [0.25, 0.3) is 0 Å². The van der Waals surface area contributed by atoms with Gasteiger partial charge >= 0.3 is 0 Å². The smallest absolute Gasteiger partial charge is 0.191 e. The molecule has 0 saturated heterocycles. The predicted molar refractivity (Wildman–Crippen MR) is 103 cm³/mol. The van der Waals surface area contributed by atoms with Gasteiger partial charge in [-0.2, -0.15) is 0 Å². The fraction of sp³-hybridized carbons (Fsp3) is 0.611. The van der Waals surface area contributed by atoms with Gasteiger partial charge in [0, 0.05) is 27.3 Å². The van der Waals surface area contributed by atoms with Crippen molar-refractivity contribution in [1.82, 2.24) is 10.6 Å². The molecule has 1 unspecified atom stereocenters. The van der Waals surface area contributed by atoms with E-state index in [0.29, 0.717) is 37.1 Å². The van der Waals surface area contributed by atoms with Gasteiger partial charge in [-0.3, -0.25) is 4.99 Å². The lowest BCUT2D eigenvalue weighted by Crippen LogP contribution is -2.42. The second kappa shape index (κ2) is 13.8. The summed E-state index contributed by atoms with van der Waals surface area (Å²) in [5.41, 5.74) is 0. The van der Waals surface area contributed by atoms with Crippen molar-refractivity contribution in [2.75, 3.05) is 47.1 Å². The third kappa shape index (κ3) is 9.53. The molecule has 0 fully saturated rings. The van der Waals surface area contributed by atoms with Gasteiger partial charge in [0.2, 0.25) is 0 Å². The van der Waals surface area contributed by atoms with Crippen LogP contribution in [-0.4, -0.2) is 59.1 Å².